The van der Waals surface area contributed by atoms with Crippen molar-refractivity contribution in [2.75, 3.05) is 0 Å². The van der Waals surface area contributed by atoms with Crippen LogP contribution in [0.4, 0.5) is 0 Å². The van der Waals surface area contributed by atoms with Gasteiger partial charge in [0.15, 0.2) is 0 Å². The number of rotatable bonds is 5. The van der Waals surface area contributed by atoms with Crippen molar-refractivity contribution in [2.45, 2.75) is 26.7 Å². The molecule has 0 aliphatic heterocycles. The number of hydrogen-bond donors (Lipinski definition) is 0. The van der Waals surface area contributed by atoms with Crippen LogP contribution in [0.25, 0.3) is 66.5 Å². The quantitative estimate of drug-likeness (QED) is 0.203. The van der Waals surface area contributed by atoms with Gasteiger partial charge in [-0.05, 0) is 96.5 Å². The van der Waals surface area contributed by atoms with E-state index in [0.29, 0.717) is 0 Å². The van der Waals surface area contributed by atoms with E-state index in [9.17, 15) is 0 Å². The zero-order chi connectivity index (χ0) is 29.8. The first kappa shape index (κ1) is 26.2. The van der Waals surface area contributed by atoms with Crippen molar-refractivity contribution >= 4 is 38.5 Å². The van der Waals surface area contributed by atoms with Crippen LogP contribution in [0.2, 0.25) is 0 Å². The third kappa shape index (κ3) is 4.24. The van der Waals surface area contributed by atoms with E-state index < -0.39 is 0 Å². The van der Waals surface area contributed by atoms with Crippen molar-refractivity contribution in [3.63, 3.8) is 0 Å². The predicted octanol–water partition coefficient (Wildman–Crippen LogP) is 10.9. The molecule has 0 atom stereocenters. The van der Waals surface area contributed by atoms with Crippen molar-refractivity contribution in [1.29, 1.82) is 0 Å². The zero-order valence-electron chi connectivity index (χ0n) is 25.1. The molecule has 8 rings (SSSR count). The van der Waals surface area contributed by atoms with E-state index in [-0.39, 0.29) is 0 Å². The Balaban J connectivity index is 1.40. The van der Waals surface area contributed by atoms with Gasteiger partial charge in [0.05, 0.1) is 22.1 Å². The lowest BCUT2D eigenvalue weighted by atomic mass is 9.97. The summed E-state index contributed by atoms with van der Waals surface area (Å²) in [6.45, 7) is 8.83. The molecule has 0 amide bonds. The number of nitrogens with zero attached hydrogens (tertiary/aromatic N) is 3. The molecule has 0 fully saturated rings. The van der Waals surface area contributed by atoms with Gasteiger partial charge in [-0.1, -0.05) is 97.6 Å². The molecule has 7 aromatic rings. The molecule has 2 heterocycles. The van der Waals surface area contributed by atoms with Crippen molar-refractivity contribution in [2.24, 2.45) is 0 Å². The summed E-state index contributed by atoms with van der Waals surface area (Å²) in [5, 5.41) is 2.43. The molecule has 0 spiro atoms. The van der Waals surface area contributed by atoms with E-state index in [1.807, 2.05) is 0 Å². The number of para-hydroxylation sites is 1. The number of aryl methyl sites for hydroxylation is 1. The third-order valence-electron chi connectivity index (χ3n) is 8.98. The van der Waals surface area contributed by atoms with E-state index >= 15 is 0 Å². The zero-order valence-corrected chi connectivity index (χ0v) is 25.1. The molecule has 0 unspecified atom stereocenters. The highest BCUT2D eigenvalue weighted by Crippen LogP contribution is 2.39. The van der Waals surface area contributed by atoms with Crippen LogP contribution >= 0.6 is 0 Å². The van der Waals surface area contributed by atoms with Gasteiger partial charge in [-0.25, -0.2) is 4.98 Å². The Kier molecular flexibility index (Phi) is 6.20. The minimum Gasteiger partial charge on any atom is -0.309 e. The Bertz CT molecular complexity index is 2240. The maximum atomic E-state index is 5.08. The smallest absolute Gasteiger partial charge is 0.111 e. The summed E-state index contributed by atoms with van der Waals surface area (Å²) in [5.41, 5.74) is 13.8. The van der Waals surface area contributed by atoms with Gasteiger partial charge in [-0.2, -0.15) is 0 Å². The van der Waals surface area contributed by atoms with Crippen molar-refractivity contribution in [3.05, 3.63) is 151 Å². The van der Waals surface area contributed by atoms with Crippen LogP contribution in [0.5, 0.6) is 0 Å². The lowest BCUT2D eigenvalue weighted by molar-refractivity contribution is 0.975. The fraction of sp³-hybridized carbons (Fsp3) is 0.0976. The van der Waals surface area contributed by atoms with E-state index in [2.05, 4.69) is 157 Å². The molecule has 2 aromatic heterocycles. The van der Waals surface area contributed by atoms with Gasteiger partial charge in [-0.15, -0.1) is 0 Å². The average molecular weight is 568 g/mol. The third-order valence-corrected chi connectivity index (χ3v) is 8.98. The molecule has 212 valence electrons. The van der Waals surface area contributed by atoms with Gasteiger partial charge >= 0.3 is 0 Å². The number of benzene rings is 5. The van der Waals surface area contributed by atoms with Crippen LogP contribution in [-0.4, -0.2) is 14.1 Å². The number of hydrogen-bond acceptors (Lipinski definition) is 1. The second kappa shape index (κ2) is 10.4. The largest absolute Gasteiger partial charge is 0.309 e. The van der Waals surface area contributed by atoms with Crippen molar-refractivity contribution in [1.82, 2.24) is 14.1 Å². The summed E-state index contributed by atoms with van der Waals surface area (Å²) >= 11 is 0. The number of imidazole rings is 1. The summed E-state index contributed by atoms with van der Waals surface area (Å²) in [6, 6.07) is 41.5. The Morgan fingerprint density at radius 1 is 0.614 bits per heavy atom. The topological polar surface area (TPSA) is 22.8 Å². The van der Waals surface area contributed by atoms with Crippen LogP contribution in [0.1, 0.15) is 25.6 Å². The highest BCUT2D eigenvalue weighted by atomic mass is 15.1. The monoisotopic (exact) mass is 567 g/mol. The van der Waals surface area contributed by atoms with Crippen molar-refractivity contribution in [3.8, 4) is 27.9 Å². The fourth-order valence-corrected chi connectivity index (χ4v) is 6.88. The molecule has 0 bridgehead atoms. The van der Waals surface area contributed by atoms with Crippen LogP contribution in [0.15, 0.2) is 145 Å². The molecule has 5 aromatic carbocycles. The van der Waals surface area contributed by atoms with Crippen LogP contribution in [-0.2, 0) is 0 Å². The van der Waals surface area contributed by atoms with Crippen LogP contribution in [0.3, 0.4) is 0 Å². The Hall–Kier alpha value is -5.41. The average Bonchev–Trinajstić information content (AvgIpc) is 3.57. The second-order valence-electron chi connectivity index (χ2n) is 11.7. The maximum Gasteiger partial charge on any atom is 0.111 e. The van der Waals surface area contributed by atoms with Gasteiger partial charge in [0.25, 0.3) is 0 Å². The first-order valence-electron chi connectivity index (χ1n) is 15.3. The SMILES string of the molecule is C=C(C1=CCCC=C1C)n1c(C)nc2cc3c(cc21)c1ccccc1n3-c1cc(-c2ccccc2)cc(-c2ccccc2)c1. The highest BCUT2D eigenvalue weighted by molar-refractivity contribution is 6.13. The summed E-state index contributed by atoms with van der Waals surface area (Å²) in [7, 11) is 0. The molecule has 1 aliphatic carbocycles. The Labute approximate surface area is 257 Å². The van der Waals surface area contributed by atoms with Gasteiger partial charge in [0.1, 0.15) is 5.82 Å². The predicted molar refractivity (Wildman–Crippen MR) is 186 cm³/mol. The summed E-state index contributed by atoms with van der Waals surface area (Å²) in [6.07, 6.45) is 6.76. The summed E-state index contributed by atoms with van der Waals surface area (Å²) in [5.74, 6) is 0.949. The molecule has 0 N–H and O–H groups in total. The minimum absolute atomic E-state index is 0.949. The van der Waals surface area contributed by atoms with Crippen LogP contribution in [0, 0.1) is 6.92 Å². The van der Waals surface area contributed by atoms with E-state index in [1.165, 1.54) is 49.7 Å². The van der Waals surface area contributed by atoms with Gasteiger partial charge < -0.3 is 4.57 Å². The molecular formula is C41H33N3. The van der Waals surface area contributed by atoms with Gasteiger partial charge in [0, 0.05) is 22.2 Å². The summed E-state index contributed by atoms with van der Waals surface area (Å²) < 4.78 is 4.64. The molecule has 3 nitrogen and oxygen atoms in total. The Morgan fingerprint density at radius 3 is 1.93 bits per heavy atom. The fourth-order valence-electron chi connectivity index (χ4n) is 6.88. The normalized spacial score (nSPS) is 13.4. The standard InChI is InChI=1S/C41H33N3/c1-27-14-10-11-19-35(27)28(2)43-29(3)42-38-26-40-37(25-41(38)43)36-20-12-13-21-39(36)44(40)34-23-32(30-15-6-4-7-16-30)22-33(24-34)31-17-8-5-9-18-31/h4-9,12-26H,2,10-11H2,1,3H3. The maximum absolute atomic E-state index is 5.08. The number of allylic oxidation sites excluding steroid dienone is 5. The first-order valence-corrected chi connectivity index (χ1v) is 15.3. The summed E-state index contributed by atoms with van der Waals surface area (Å²) in [4.78, 5) is 5.08. The van der Waals surface area contributed by atoms with E-state index in [4.69, 9.17) is 4.98 Å². The van der Waals surface area contributed by atoms with Crippen molar-refractivity contribution < 1.29 is 0 Å². The number of fused-ring (bicyclic) bond motifs is 4. The van der Waals surface area contributed by atoms with Gasteiger partial charge in [0.2, 0.25) is 0 Å². The van der Waals surface area contributed by atoms with Crippen LogP contribution < -0.4 is 0 Å². The number of aromatic nitrogens is 3. The molecule has 3 heteroatoms. The Morgan fingerprint density at radius 2 is 1.25 bits per heavy atom. The molecule has 1 aliphatic rings. The minimum atomic E-state index is 0.949. The molecule has 0 saturated carbocycles. The lowest BCUT2D eigenvalue weighted by Crippen LogP contribution is -2.04. The lowest BCUT2D eigenvalue weighted by Gasteiger charge is -2.18. The second-order valence-corrected chi connectivity index (χ2v) is 11.7. The highest BCUT2D eigenvalue weighted by Gasteiger charge is 2.20. The molecule has 0 saturated heterocycles. The molecular weight excluding hydrogens is 534 g/mol. The molecule has 0 radical (unpaired) electrons. The van der Waals surface area contributed by atoms with Gasteiger partial charge in [-0.3, -0.25) is 4.57 Å². The van der Waals surface area contributed by atoms with E-state index in [1.54, 1.807) is 0 Å². The van der Waals surface area contributed by atoms with E-state index in [0.717, 1.165) is 46.6 Å². The molecule has 44 heavy (non-hydrogen) atoms. The first-order chi connectivity index (χ1) is 21.6.